The predicted molar refractivity (Wildman–Crippen MR) is 119 cm³/mol. The maximum absolute atomic E-state index is 12.1. The van der Waals surface area contributed by atoms with Gasteiger partial charge in [-0.3, -0.25) is 0 Å². The predicted octanol–water partition coefficient (Wildman–Crippen LogP) is 6.16. The molecule has 0 radical (unpaired) electrons. The van der Waals surface area contributed by atoms with Crippen molar-refractivity contribution in [3.63, 3.8) is 0 Å². The van der Waals surface area contributed by atoms with Gasteiger partial charge in [-0.05, 0) is 78.6 Å². The molecule has 0 aliphatic carbocycles. The lowest BCUT2D eigenvalue weighted by Crippen LogP contribution is -2.04. The highest BCUT2D eigenvalue weighted by molar-refractivity contribution is 6.30. The maximum atomic E-state index is 12.1. The van der Waals surface area contributed by atoms with Crippen LogP contribution in [0.2, 0.25) is 5.02 Å². The third kappa shape index (κ3) is 5.88. The zero-order valence-electron chi connectivity index (χ0n) is 17.1. The van der Waals surface area contributed by atoms with E-state index in [1.165, 1.54) is 6.08 Å². The lowest BCUT2D eigenvalue weighted by atomic mass is 10.1. The Hall–Kier alpha value is -3.24. The molecule has 0 aromatic heterocycles. The SMILES string of the molecule is COc1cc(/C=C/C(=O)Oc2ccc(C)c(C)c2)ccc1OCc1ccc(Cl)cc1. The highest BCUT2D eigenvalue weighted by Crippen LogP contribution is 2.29. The zero-order valence-corrected chi connectivity index (χ0v) is 17.9. The quantitative estimate of drug-likeness (QED) is 0.260. The third-order valence-electron chi connectivity index (χ3n) is 4.60. The number of rotatable bonds is 7. The monoisotopic (exact) mass is 422 g/mol. The molecule has 3 rings (SSSR count). The molecular weight excluding hydrogens is 400 g/mol. The summed E-state index contributed by atoms with van der Waals surface area (Å²) in [4.78, 5) is 12.1. The highest BCUT2D eigenvalue weighted by Gasteiger charge is 2.07. The van der Waals surface area contributed by atoms with Crippen molar-refractivity contribution in [2.75, 3.05) is 7.11 Å². The van der Waals surface area contributed by atoms with E-state index in [4.69, 9.17) is 25.8 Å². The fraction of sp³-hybridized carbons (Fsp3) is 0.160. The molecule has 0 fully saturated rings. The van der Waals surface area contributed by atoms with Crippen LogP contribution in [-0.2, 0) is 11.4 Å². The van der Waals surface area contributed by atoms with Gasteiger partial charge >= 0.3 is 5.97 Å². The fourth-order valence-electron chi connectivity index (χ4n) is 2.74. The van der Waals surface area contributed by atoms with Crippen LogP contribution in [0.5, 0.6) is 17.2 Å². The lowest BCUT2D eigenvalue weighted by Gasteiger charge is -2.11. The van der Waals surface area contributed by atoms with E-state index in [0.29, 0.717) is 28.9 Å². The Morgan fingerprint density at radius 3 is 2.40 bits per heavy atom. The molecule has 5 heteroatoms. The van der Waals surface area contributed by atoms with Gasteiger partial charge in [0.1, 0.15) is 12.4 Å². The smallest absolute Gasteiger partial charge is 0.336 e. The molecule has 0 amide bonds. The zero-order chi connectivity index (χ0) is 21.5. The van der Waals surface area contributed by atoms with E-state index in [1.807, 2.05) is 62.4 Å². The summed E-state index contributed by atoms with van der Waals surface area (Å²) in [6.45, 7) is 4.38. The molecule has 0 atom stereocenters. The van der Waals surface area contributed by atoms with Crippen molar-refractivity contribution in [1.82, 2.24) is 0 Å². The second kappa shape index (κ2) is 9.99. The molecule has 3 aromatic carbocycles. The molecular formula is C25H23ClO4. The summed E-state index contributed by atoms with van der Waals surface area (Å²) in [6.07, 6.45) is 3.06. The van der Waals surface area contributed by atoms with Crippen LogP contribution in [0, 0.1) is 13.8 Å². The normalized spacial score (nSPS) is 10.8. The first-order valence-corrected chi connectivity index (χ1v) is 9.85. The summed E-state index contributed by atoms with van der Waals surface area (Å²) in [5.41, 5.74) is 4.02. The van der Waals surface area contributed by atoms with E-state index in [9.17, 15) is 4.79 Å². The third-order valence-corrected chi connectivity index (χ3v) is 4.86. The van der Waals surface area contributed by atoms with Crippen molar-refractivity contribution < 1.29 is 19.0 Å². The highest BCUT2D eigenvalue weighted by atomic mass is 35.5. The number of ether oxygens (including phenoxy) is 3. The molecule has 0 spiro atoms. The van der Waals surface area contributed by atoms with E-state index in [0.717, 1.165) is 22.3 Å². The van der Waals surface area contributed by atoms with Crippen molar-refractivity contribution >= 4 is 23.6 Å². The van der Waals surface area contributed by atoms with Gasteiger partial charge in [-0.2, -0.15) is 0 Å². The van der Waals surface area contributed by atoms with Gasteiger partial charge in [-0.15, -0.1) is 0 Å². The van der Waals surface area contributed by atoms with Crippen LogP contribution >= 0.6 is 11.6 Å². The summed E-state index contributed by atoms with van der Waals surface area (Å²) in [6, 6.07) is 18.5. The molecule has 0 aliphatic heterocycles. The molecule has 0 aliphatic rings. The standard InChI is InChI=1S/C25H23ClO4/c1-17-4-11-22(14-18(17)2)30-25(27)13-8-19-7-12-23(24(15-19)28-3)29-16-20-5-9-21(26)10-6-20/h4-15H,16H2,1-3H3/b13-8+. The van der Waals surface area contributed by atoms with Gasteiger partial charge in [0, 0.05) is 11.1 Å². The average Bonchev–Trinajstić information content (AvgIpc) is 2.74. The molecule has 0 saturated carbocycles. The number of carbonyl (C=O) groups excluding carboxylic acids is 1. The Morgan fingerprint density at radius 1 is 0.933 bits per heavy atom. The van der Waals surface area contributed by atoms with Gasteiger partial charge in [0.25, 0.3) is 0 Å². The van der Waals surface area contributed by atoms with E-state index in [1.54, 1.807) is 25.3 Å². The molecule has 0 unspecified atom stereocenters. The van der Waals surface area contributed by atoms with Crippen LogP contribution in [0.25, 0.3) is 6.08 Å². The van der Waals surface area contributed by atoms with Crippen molar-refractivity contribution in [1.29, 1.82) is 0 Å². The number of benzene rings is 3. The van der Waals surface area contributed by atoms with Crippen LogP contribution in [0.4, 0.5) is 0 Å². The van der Waals surface area contributed by atoms with Gasteiger partial charge in [-0.25, -0.2) is 4.79 Å². The Labute approximate surface area is 181 Å². The van der Waals surface area contributed by atoms with Crippen LogP contribution in [0.15, 0.2) is 66.7 Å². The Morgan fingerprint density at radius 2 is 1.70 bits per heavy atom. The molecule has 4 nitrogen and oxygen atoms in total. The Balaban J connectivity index is 1.63. The van der Waals surface area contributed by atoms with E-state index >= 15 is 0 Å². The van der Waals surface area contributed by atoms with Crippen LogP contribution in [0.3, 0.4) is 0 Å². The topological polar surface area (TPSA) is 44.8 Å². The molecule has 0 N–H and O–H groups in total. The van der Waals surface area contributed by atoms with E-state index < -0.39 is 5.97 Å². The maximum Gasteiger partial charge on any atom is 0.336 e. The summed E-state index contributed by atoms with van der Waals surface area (Å²) >= 11 is 5.90. The Kier molecular flexibility index (Phi) is 7.15. The first kappa shape index (κ1) is 21.5. The van der Waals surface area contributed by atoms with E-state index in [2.05, 4.69) is 0 Å². The number of halogens is 1. The second-order valence-electron chi connectivity index (χ2n) is 6.83. The van der Waals surface area contributed by atoms with Crippen LogP contribution < -0.4 is 14.2 Å². The van der Waals surface area contributed by atoms with Gasteiger partial charge < -0.3 is 14.2 Å². The van der Waals surface area contributed by atoms with Crippen LogP contribution in [-0.4, -0.2) is 13.1 Å². The lowest BCUT2D eigenvalue weighted by molar-refractivity contribution is -0.128. The second-order valence-corrected chi connectivity index (χ2v) is 7.26. The molecule has 154 valence electrons. The molecule has 0 bridgehead atoms. The van der Waals surface area contributed by atoms with Crippen molar-refractivity contribution in [3.05, 3.63) is 94.0 Å². The number of aryl methyl sites for hydroxylation is 2. The molecule has 0 saturated heterocycles. The van der Waals surface area contributed by atoms with Crippen LogP contribution in [0.1, 0.15) is 22.3 Å². The fourth-order valence-corrected chi connectivity index (χ4v) is 2.87. The number of hydrogen-bond acceptors (Lipinski definition) is 4. The van der Waals surface area contributed by atoms with Gasteiger partial charge in [0.05, 0.1) is 7.11 Å². The summed E-state index contributed by atoms with van der Waals surface area (Å²) < 4.78 is 16.6. The minimum absolute atomic E-state index is 0.394. The summed E-state index contributed by atoms with van der Waals surface area (Å²) in [5.74, 6) is 1.27. The van der Waals surface area contributed by atoms with Gasteiger partial charge in [0.2, 0.25) is 0 Å². The van der Waals surface area contributed by atoms with Crippen molar-refractivity contribution in [2.45, 2.75) is 20.5 Å². The molecule has 0 heterocycles. The summed E-state index contributed by atoms with van der Waals surface area (Å²) in [5, 5.41) is 0.684. The van der Waals surface area contributed by atoms with Crippen molar-refractivity contribution in [2.24, 2.45) is 0 Å². The number of esters is 1. The number of hydrogen-bond donors (Lipinski definition) is 0. The average molecular weight is 423 g/mol. The number of methoxy groups -OCH3 is 1. The van der Waals surface area contributed by atoms with Crippen molar-refractivity contribution in [3.8, 4) is 17.2 Å². The number of carbonyl (C=O) groups is 1. The minimum Gasteiger partial charge on any atom is -0.493 e. The van der Waals surface area contributed by atoms with E-state index in [-0.39, 0.29) is 0 Å². The first-order valence-electron chi connectivity index (χ1n) is 9.47. The summed E-state index contributed by atoms with van der Waals surface area (Å²) in [7, 11) is 1.58. The largest absolute Gasteiger partial charge is 0.493 e. The minimum atomic E-state index is -0.444. The molecule has 30 heavy (non-hydrogen) atoms. The van der Waals surface area contributed by atoms with Gasteiger partial charge in [0.15, 0.2) is 11.5 Å². The molecule has 3 aromatic rings. The van der Waals surface area contributed by atoms with Gasteiger partial charge in [-0.1, -0.05) is 35.9 Å². The first-order chi connectivity index (χ1) is 14.4. The Bertz CT molecular complexity index is 1060.